The summed E-state index contributed by atoms with van der Waals surface area (Å²) >= 11 is 0. The maximum absolute atomic E-state index is 13.8. The molecule has 2 aromatic carbocycles. The summed E-state index contributed by atoms with van der Waals surface area (Å²) in [7, 11) is -1.72. The van der Waals surface area contributed by atoms with Crippen molar-refractivity contribution in [1.82, 2.24) is 9.55 Å². The Morgan fingerprint density at radius 3 is 2.45 bits per heavy atom. The molecular formula is C28H29F3N4O2Si. The molecule has 0 atom stereocenters. The van der Waals surface area contributed by atoms with Gasteiger partial charge in [0.15, 0.2) is 0 Å². The monoisotopic (exact) mass is 538 g/mol. The van der Waals surface area contributed by atoms with Gasteiger partial charge in [-0.3, -0.25) is 4.79 Å². The van der Waals surface area contributed by atoms with Crippen LogP contribution in [0.1, 0.15) is 21.6 Å². The minimum atomic E-state index is -4.51. The van der Waals surface area contributed by atoms with Crippen LogP contribution in [0.3, 0.4) is 0 Å². The first kappa shape index (κ1) is 26.0. The number of pyridine rings is 1. The number of rotatable bonds is 6. The number of amides is 1. The van der Waals surface area contributed by atoms with E-state index in [0.29, 0.717) is 24.6 Å². The number of aliphatic hydroxyl groups is 1. The Labute approximate surface area is 219 Å². The lowest BCUT2D eigenvalue weighted by Crippen LogP contribution is -2.51. The Kier molecular flexibility index (Phi) is 6.56. The van der Waals surface area contributed by atoms with Crippen LogP contribution < -0.4 is 15.4 Å². The van der Waals surface area contributed by atoms with Crippen molar-refractivity contribution in [2.24, 2.45) is 0 Å². The second-order valence-electron chi connectivity index (χ2n) is 10.7. The highest BCUT2D eigenvalue weighted by atomic mass is 28.3. The lowest BCUT2D eigenvalue weighted by Gasteiger charge is -2.36. The molecule has 0 unspecified atom stereocenters. The number of carbonyl (C=O) groups is 1. The van der Waals surface area contributed by atoms with E-state index in [0.717, 1.165) is 22.2 Å². The summed E-state index contributed by atoms with van der Waals surface area (Å²) in [5, 5.41) is 14.3. The number of hydrogen-bond donors (Lipinski definition) is 2. The number of nitrogens with zero attached hydrogens (tertiary/aromatic N) is 3. The fourth-order valence-electron chi connectivity index (χ4n) is 4.67. The Balaban J connectivity index is 1.52. The maximum atomic E-state index is 13.8. The number of aromatic nitrogens is 2. The first-order valence-electron chi connectivity index (χ1n) is 12.4. The van der Waals surface area contributed by atoms with Crippen LogP contribution in [0.5, 0.6) is 0 Å². The molecule has 1 aliphatic rings. The molecule has 0 radical (unpaired) electrons. The van der Waals surface area contributed by atoms with Gasteiger partial charge in [-0.15, -0.1) is 0 Å². The van der Waals surface area contributed by atoms with Crippen LogP contribution in [-0.2, 0) is 12.7 Å². The molecule has 2 aromatic heterocycles. The molecule has 0 aliphatic carbocycles. The van der Waals surface area contributed by atoms with E-state index in [1.165, 1.54) is 18.3 Å². The summed E-state index contributed by atoms with van der Waals surface area (Å²) in [6.45, 7) is 7.52. The fraction of sp³-hybridized carbons (Fsp3) is 0.286. The van der Waals surface area contributed by atoms with Gasteiger partial charge in [0.2, 0.25) is 0 Å². The molecule has 1 saturated heterocycles. The number of aliphatic hydroxyl groups excluding tert-OH is 1. The molecule has 0 spiro atoms. The topological polar surface area (TPSA) is 70.4 Å². The third kappa shape index (κ3) is 5.19. The Hall–Kier alpha value is -3.63. The summed E-state index contributed by atoms with van der Waals surface area (Å²) < 4.78 is 43.0. The predicted molar refractivity (Wildman–Crippen MR) is 146 cm³/mol. The highest BCUT2D eigenvalue weighted by Gasteiger charge is 2.33. The number of carbonyl (C=O) groups excluding carboxylic acids is 1. The van der Waals surface area contributed by atoms with Gasteiger partial charge < -0.3 is 19.9 Å². The molecule has 10 heteroatoms. The van der Waals surface area contributed by atoms with Crippen molar-refractivity contribution in [1.29, 1.82) is 0 Å². The molecule has 38 heavy (non-hydrogen) atoms. The average Bonchev–Trinajstić information content (AvgIpc) is 3.20. The number of anilines is 2. The first-order valence-corrected chi connectivity index (χ1v) is 15.9. The van der Waals surface area contributed by atoms with Gasteiger partial charge in [-0.2, -0.15) is 13.2 Å². The quantitative estimate of drug-likeness (QED) is 0.336. The van der Waals surface area contributed by atoms with Gasteiger partial charge in [0.05, 0.1) is 31.6 Å². The van der Waals surface area contributed by atoms with E-state index in [2.05, 4.69) is 29.9 Å². The van der Waals surface area contributed by atoms with E-state index >= 15 is 0 Å². The van der Waals surface area contributed by atoms with E-state index in [1.807, 2.05) is 23.1 Å². The van der Waals surface area contributed by atoms with E-state index in [-0.39, 0.29) is 23.9 Å². The second kappa shape index (κ2) is 9.59. The van der Waals surface area contributed by atoms with Crippen LogP contribution in [0.25, 0.3) is 10.9 Å². The van der Waals surface area contributed by atoms with Gasteiger partial charge in [0.25, 0.3) is 5.91 Å². The third-order valence-electron chi connectivity index (χ3n) is 6.85. The largest absolute Gasteiger partial charge is 0.416 e. The van der Waals surface area contributed by atoms with Crippen molar-refractivity contribution in [2.45, 2.75) is 38.5 Å². The Bertz CT molecular complexity index is 1490. The molecular weight excluding hydrogens is 509 g/mol. The van der Waals surface area contributed by atoms with Crippen LogP contribution in [0.2, 0.25) is 19.6 Å². The van der Waals surface area contributed by atoms with Gasteiger partial charge in [-0.25, -0.2) is 4.98 Å². The number of hydrogen-bond acceptors (Lipinski definition) is 4. The van der Waals surface area contributed by atoms with Crippen molar-refractivity contribution in [3.8, 4) is 0 Å². The number of β-amino-alcohol motifs (C(OH)–C–C–N with tert-alkyl or cyclic N) is 1. The van der Waals surface area contributed by atoms with Gasteiger partial charge >= 0.3 is 6.18 Å². The molecule has 0 bridgehead atoms. The Morgan fingerprint density at radius 2 is 1.82 bits per heavy atom. The molecule has 2 N–H and O–H groups in total. The zero-order valence-electron chi connectivity index (χ0n) is 21.4. The van der Waals surface area contributed by atoms with Crippen LogP contribution in [-0.4, -0.2) is 47.8 Å². The van der Waals surface area contributed by atoms with Crippen LogP contribution in [0.4, 0.5) is 24.7 Å². The van der Waals surface area contributed by atoms with Crippen LogP contribution in [0.15, 0.2) is 66.9 Å². The van der Waals surface area contributed by atoms with Gasteiger partial charge in [0.1, 0.15) is 11.5 Å². The summed E-state index contributed by atoms with van der Waals surface area (Å²) in [4.78, 5) is 19.8. The highest BCUT2D eigenvalue weighted by molar-refractivity contribution is 6.88. The number of nitrogens with one attached hydrogen (secondary N) is 1. The van der Waals surface area contributed by atoms with Gasteiger partial charge in [-0.1, -0.05) is 55.2 Å². The van der Waals surface area contributed by atoms with Crippen molar-refractivity contribution in [3.63, 3.8) is 0 Å². The fourth-order valence-corrected chi connectivity index (χ4v) is 5.82. The molecule has 5 rings (SSSR count). The molecule has 198 valence electrons. The van der Waals surface area contributed by atoms with Gasteiger partial charge in [0, 0.05) is 30.5 Å². The standard InChI is InChI=1S/C28H29F3N4O2Si/c1-38(2,3)22-10-8-18-12-25(27(37)33-20-9-11-26(32-14-20)34-16-21(36)17-34)35(24(18)13-22)15-19-6-4-5-7-23(19)28(29,30)31/h4-14,21,36H,15-17H2,1-3H3,(H,33,37). The molecule has 6 nitrogen and oxygen atoms in total. The van der Waals surface area contributed by atoms with E-state index in [9.17, 15) is 23.1 Å². The summed E-state index contributed by atoms with van der Waals surface area (Å²) in [5.74, 6) is 0.263. The summed E-state index contributed by atoms with van der Waals surface area (Å²) in [6, 6.07) is 16.7. The summed E-state index contributed by atoms with van der Waals surface area (Å²) in [6.07, 6.45) is -3.33. The highest BCUT2D eigenvalue weighted by Crippen LogP contribution is 2.33. The minimum absolute atomic E-state index is 0.0905. The van der Waals surface area contributed by atoms with Crippen LogP contribution in [0, 0.1) is 0 Å². The molecule has 4 aromatic rings. The van der Waals surface area contributed by atoms with Crippen LogP contribution >= 0.6 is 0 Å². The lowest BCUT2D eigenvalue weighted by molar-refractivity contribution is -0.138. The zero-order chi connectivity index (χ0) is 27.2. The number of alkyl halides is 3. The van der Waals surface area contributed by atoms with E-state index in [1.54, 1.807) is 28.8 Å². The predicted octanol–water partition coefficient (Wildman–Crippen LogP) is 5.08. The number of benzene rings is 2. The first-order chi connectivity index (χ1) is 17.9. The zero-order valence-corrected chi connectivity index (χ0v) is 22.4. The molecule has 1 aliphatic heterocycles. The van der Waals surface area contributed by atoms with E-state index in [4.69, 9.17) is 0 Å². The Morgan fingerprint density at radius 1 is 1.08 bits per heavy atom. The van der Waals surface area contributed by atoms with E-state index < -0.39 is 25.7 Å². The van der Waals surface area contributed by atoms with Gasteiger partial charge in [-0.05, 0) is 35.9 Å². The lowest BCUT2D eigenvalue weighted by atomic mass is 10.1. The SMILES string of the molecule is C[Si](C)(C)c1ccc2cc(C(=O)Nc3ccc(N4CC(O)C4)nc3)n(Cc3ccccc3C(F)(F)F)c2c1. The molecule has 1 fully saturated rings. The molecule has 3 heterocycles. The second-order valence-corrected chi connectivity index (χ2v) is 15.8. The maximum Gasteiger partial charge on any atom is 0.416 e. The minimum Gasteiger partial charge on any atom is -0.389 e. The average molecular weight is 539 g/mol. The van der Waals surface area contributed by atoms with Crippen molar-refractivity contribution >= 4 is 41.6 Å². The third-order valence-corrected chi connectivity index (χ3v) is 8.89. The smallest absolute Gasteiger partial charge is 0.389 e. The van der Waals surface area contributed by atoms with Crippen molar-refractivity contribution in [2.75, 3.05) is 23.3 Å². The molecule has 1 amide bonds. The number of halogens is 3. The van der Waals surface area contributed by atoms with Crippen molar-refractivity contribution < 1.29 is 23.1 Å². The summed E-state index contributed by atoms with van der Waals surface area (Å²) in [5.41, 5.74) is 0.824. The number of fused-ring (bicyclic) bond motifs is 1. The normalized spacial score (nSPS) is 14.6. The molecule has 0 saturated carbocycles. The van der Waals surface area contributed by atoms with Crippen molar-refractivity contribution in [3.05, 3.63) is 83.7 Å².